The number of halogens is 1. The van der Waals surface area contributed by atoms with E-state index in [0.717, 1.165) is 17.4 Å². The largest absolute Gasteiger partial charge is 0.251 e. The number of hydrogen-bond acceptors (Lipinski definition) is 1. The first-order valence-corrected chi connectivity index (χ1v) is 11.0. The smallest absolute Gasteiger partial charge is 0.0991 e. The molecule has 0 unspecified atom stereocenters. The predicted octanol–water partition coefficient (Wildman–Crippen LogP) is 7.33. The van der Waals surface area contributed by atoms with Gasteiger partial charge in [-0.15, -0.1) is 0 Å². The van der Waals surface area contributed by atoms with Crippen LogP contribution < -0.4 is 0 Å². The van der Waals surface area contributed by atoms with Gasteiger partial charge in [0.15, 0.2) is 0 Å². The van der Waals surface area contributed by atoms with Crippen LogP contribution in [0.1, 0.15) is 87.7 Å². The van der Waals surface area contributed by atoms with Crippen LogP contribution in [-0.2, 0) is 0 Å². The SMILES string of the molecule is N#Cc1ccc([C@H]2CC[C@H](CC[C@H]3CC[C@H](/C=C/CCF)CC3)CC2)cc1. The Morgan fingerprint density at radius 1 is 0.889 bits per heavy atom. The molecule has 0 N–H and O–H groups in total. The second kappa shape index (κ2) is 10.6. The van der Waals surface area contributed by atoms with E-state index in [4.69, 9.17) is 5.26 Å². The van der Waals surface area contributed by atoms with Gasteiger partial charge in [-0.3, -0.25) is 4.39 Å². The fraction of sp³-hybridized carbons (Fsp3) is 0.640. The van der Waals surface area contributed by atoms with Gasteiger partial charge in [0.1, 0.15) is 0 Å². The lowest BCUT2D eigenvalue weighted by Gasteiger charge is -2.31. The highest BCUT2D eigenvalue weighted by molar-refractivity contribution is 5.33. The molecule has 27 heavy (non-hydrogen) atoms. The summed E-state index contributed by atoms with van der Waals surface area (Å²) in [5, 5.41) is 8.94. The van der Waals surface area contributed by atoms with Gasteiger partial charge in [-0.1, -0.05) is 37.1 Å². The zero-order valence-corrected chi connectivity index (χ0v) is 16.6. The van der Waals surface area contributed by atoms with Crippen LogP contribution in [0.2, 0.25) is 0 Å². The third-order valence-electron chi connectivity index (χ3n) is 6.92. The van der Waals surface area contributed by atoms with E-state index in [9.17, 15) is 4.39 Å². The maximum absolute atomic E-state index is 12.2. The molecule has 2 fully saturated rings. The molecular formula is C25H34FN. The molecule has 3 rings (SSSR count). The molecule has 0 aliphatic heterocycles. The van der Waals surface area contributed by atoms with E-state index in [1.807, 2.05) is 18.2 Å². The van der Waals surface area contributed by atoms with Crippen molar-refractivity contribution in [2.45, 2.75) is 76.5 Å². The number of nitrogens with zero attached hydrogens (tertiary/aromatic N) is 1. The first-order valence-electron chi connectivity index (χ1n) is 11.0. The normalized spacial score (nSPS) is 28.9. The standard InChI is InChI=1S/C25H34FN/c26-18-2-1-3-20-4-6-21(7-5-20)8-9-22-10-14-24(15-11-22)25-16-12-23(19-27)13-17-25/h1,3,12-13,16-17,20-22,24H,2,4-11,14-15,18H2/b3-1+/t20-,21-,22-,24-. The van der Waals surface area contributed by atoms with Gasteiger partial charge >= 0.3 is 0 Å². The molecule has 2 heteroatoms. The Bertz CT molecular complexity index is 611. The molecule has 2 aliphatic carbocycles. The van der Waals surface area contributed by atoms with E-state index in [-0.39, 0.29) is 6.67 Å². The van der Waals surface area contributed by atoms with E-state index >= 15 is 0 Å². The van der Waals surface area contributed by atoms with E-state index in [1.165, 1.54) is 69.8 Å². The van der Waals surface area contributed by atoms with Crippen molar-refractivity contribution in [1.29, 1.82) is 5.26 Å². The van der Waals surface area contributed by atoms with Gasteiger partial charge in [0.25, 0.3) is 0 Å². The minimum atomic E-state index is -0.223. The van der Waals surface area contributed by atoms with Crippen LogP contribution in [0.15, 0.2) is 36.4 Å². The van der Waals surface area contributed by atoms with Crippen molar-refractivity contribution in [3.8, 4) is 6.07 Å². The highest BCUT2D eigenvalue weighted by Gasteiger charge is 2.24. The summed E-state index contributed by atoms with van der Waals surface area (Å²) in [6.07, 6.45) is 18.4. The lowest BCUT2D eigenvalue weighted by atomic mass is 9.74. The van der Waals surface area contributed by atoms with Crippen molar-refractivity contribution in [3.05, 3.63) is 47.5 Å². The van der Waals surface area contributed by atoms with Crippen molar-refractivity contribution in [2.75, 3.05) is 6.67 Å². The quantitative estimate of drug-likeness (QED) is 0.463. The van der Waals surface area contributed by atoms with Crippen LogP contribution in [0.3, 0.4) is 0 Å². The molecule has 1 nitrogen and oxygen atoms in total. The average Bonchev–Trinajstić information content (AvgIpc) is 2.74. The topological polar surface area (TPSA) is 23.8 Å². The second-order valence-electron chi connectivity index (χ2n) is 8.72. The summed E-state index contributed by atoms with van der Waals surface area (Å²) in [5.41, 5.74) is 2.19. The Morgan fingerprint density at radius 2 is 1.48 bits per heavy atom. The van der Waals surface area contributed by atoms with Crippen molar-refractivity contribution in [1.82, 2.24) is 0 Å². The molecule has 1 aromatic carbocycles. The van der Waals surface area contributed by atoms with Gasteiger partial charge in [0, 0.05) is 0 Å². The Kier molecular flexibility index (Phi) is 7.93. The van der Waals surface area contributed by atoms with Crippen molar-refractivity contribution >= 4 is 0 Å². The van der Waals surface area contributed by atoms with Gasteiger partial charge in [-0.2, -0.15) is 5.26 Å². The number of nitriles is 1. The molecule has 1 aromatic rings. The minimum Gasteiger partial charge on any atom is -0.251 e. The Balaban J connectivity index is 1.33. The number of hydrogen-bond donors (Lipinski definition) is 0. The Morgan fingerprint density at radius 3 is 2.04 bits per heavy atom. The van der Waals surface area contributed by atoms with E-state index in [2.05, 4.69) is 24.3 Å². The zero-order valence-electron chi connectivity index (χ0n) is 16.6. The maximum Gasteiger partial charge on any atom is 0.0991 e. The van der Waals surface area contributed by atoms with E-state index < -0.39 is 0 Å². The first-order chi connectivity index (χ1) is 13.3. The Labute approximate surface area is 164 Å². The molecule has 0 spiro atoms. The zero-order chi connectivity index (χ0) is 18.9. The number of rotatable bonds is 7. The summed E-state index contributed by atoms with van der Waals surface area (Å²) in [7, 11) is 0. The van der Waals surface area contributed by atoms with E-state index in [0.29, 0.717) is 18.3 Å². The predicted molar refractivity (Wildman–Crippen MR) is 110 cm³/mol. The van der Waals surface area contributed by atoms with Gasteiger partial charge in [0.2, 0.25) is 0 Å². The highest BCUT2D eigenvalue weighted by atomic mass is 19.1. The molecule has 0 aromatic heterocycles. The van der Waals surface area contributed by atoms with Crippen LogP contribution in [0, 0.1) is 29.1 Å². The summed E-state index contributed by atoms with van der Waals surface area (Å²) in [6, 6.07) is 10.4. The molecule has 0 saturated heterocycles. The van der Waals surface area contributed by atoms with Crippen LogP contribution in [-0.4, -0.2) is 6.67 Å². The molecule has 0 heterocycles. The fourth-order valence-corrected chi connectivity index (χ4v) is 5.11. The van der Waals surface area contributed by atoms with Gasteiger partial charge in [-0.25, -0.2) is 0 Å². The lowest BCUT2D eigenvalue weighted by Crippen LogP contribution is -2.17. The first kappa shape index (κ1) is 20.1. The number of allylic oxidation sites excluding steroid dienone is 2. The van der Waals surface area contributed by atoms with Crippen molar-refractivity contribution in [3.63, 3.8) is 0 Å². The summed E-state index contributed by atoms with van der Waals surface area (Å²) < 4.78 is 12.2. The molecule has 2 aliphatic rings. The third-order valence-corrected chi connectivity index (χ3v) is 6.92. The summed E-state index contributed by atoms with van der Waals surface area (Å²) in [5.74, 6) is 3.24. The molecular weight excluding hydrogens is 333 g/mol. The van der Waals surface area contributed by atoms with Crippen LogP contribution in [0.4, 0.5) is 4.39 Å². The minimum absolute atomic E-state index is 0.223. The molecule has 0 amide bonds. The van der Waals surface area contributed by atoms with Gasteiger partial charge in [-0.05, 0) is 99.2 Å². The molecule has 2 saturated carbocycles. The van der Waals surface area contributed by atoms with Gasteiger partial charge in [0.05, 0.1) is 18.3 Å². The maximum atomic E-state index is 12.2. The lowest BCUT2D eigenvalue weighted by molar-refractivity contribution is 0.246. The van der Waals surface area contributed by atoms with Crippen LogP contribution in [0.25, 0.3) is 0 Å². The number of benzene rings is 1. The number of alkyl halides is 1. The highest BCUT2D eigenvalue weighted by Crippen LogP contribution is 2.39. The molecule has 0 radical (unpaired) electrons. The summed E-state index contributed by atoms with van der Waals surface area (Å²) in [4.78, 5) is 0. The third kappa shape index (κ3) is 6.20. The van der Waals surface area contributed by atoms with E-state index in [1.54, 1.807) is 0 Å². The molecule has 0 bridgehead atoms. The van der Waals surface area contributed by atoms with Crippen molar-refractivity contribution < 1.29 is 4.39 Å². The van der Waals surface area contributed by atoms with Crippen LogP contribution >= 0.6 is 0 Å². The van der Waals surface area contributed by atoms with Crippen molar-refractivity contribution in [2.24, 2.45) is 17.8 Å². The summed E-state index contributed by atoms with van der Waals surface area (Å²) >= 11 is 0. The monoisotopic (exact) mass is 367 g/mol. The molecule has 0 atom stereocenters. The summed E-state index contributed by atoms with van der Waals surface area (Å²) in [6.45, 7) is -0.223. The average molecular weight is 368 g/mol. The second-order valence-corrected chi connectivity index (χ2v) is 8.72. The Hall–Kier alpha value is -1.62. The molecule has 146 valence electrons. The fourth-order valence-electron chi connectivity index (χ4n) is 5.11. The van der Waals surface area contributed by atoms with Crippen LogP contribution in [0.5, 0.6) is 0 Å². The van der Waals surface area contributed by atoms with Gasteiger partial charge < -0.3 is 0 Å².